The molecule has 21 heteroatoms. The van der Waals surface area contributed by atoms with Crippen molar-refractivity contribution < 1.29 is 38.3 Å². The lowest BCUT2D eigenvalue weighted by atomic mass is 9.90. The molecule has 0 aromatic heterocycles. The third-order valence-corrected chi connectivity index (χ3v) is 20.4. The van der Waals surface area contributed by atoms with Gasteiger partial charge in [-0.05, 0) is 113 Å². The topological polar surface area (TPSA) is 224 Å². The van der Waals surface area contributed by atoms with Crippen LogP contribution in [0.3, 0.4) is 0 Å². The number of rotatable bonds is 21. The number of amides is 7. The molecule has 6 aromatic carbocycles. The van der Waals surface area contributed by atoms with E-state index in [-0.39, 0.29) is 107 Å². The Balaban J connectivity index is 0.000000176. The summed E-state index contributed by atoms with van der Waals surface area (Å²) in [5.41, 5.74) is 23.4. The Morgan fingerprint density at radius 3 is 1.11 bits per heavy atom. The quantitative estimate of drug-likeness (QED) is 0.0369. The van der Waals surface area contributed by atoms with E-state index < -0.39 is 6.09 Å². The van der Waals surface area contributed by atoms with E-state index in [0.29, 0.717) is 6.54 Å². The van der Waals surface area contributed by atoms with Crippen molar-refractivity contribution in [3.63, 3.8) is 0 Å². The van der Waals surface area contributed by atoms with Crippen LogP contribution in [0.4, 0.5) is 38.9 Å². The van der Waals surface area contributed by atoms with E-state index in [1.807, 2.05) is 218 Å². The zero-order chi connectivity index (χ0) is 74.6. The number of unbranched alkanes of at least 4 members (excludes halogenated alkanes) is 10. The first kappa shape index (κ1) is 80.5. The summed E-state index contributed by atoms with van der Waals surface area (Å²) in [5, 5.41) is 11.6. The van der Waals surface area contributed by atoms with Crippen LogP contribution in [0, 0.1) is 35.5 Å². The number of carbonyl (C=O) groups is 7. The predicted molar refractivity (Wildman–Crippen MR) is 414 cm³/mol. The van der Waals surface area contributed by atoms with Crippen LogP contribution in [-0.2, 0) is 33.5 Å². The van der Waals surface area contributed by atoms with Gasteiger partial charge in [-0.2, -0.15) is 0 Å². The Bertz CT molecular complexity index is 3490. The number of para-hydroxylation sites is 6. The van der Waals surface area contributed by atoms with Gasteiger partial charge < -0.3 is 9.64 Å². The molecule has 6 aliphatic heterocycles. The van der Waals surface area contributed by atoms with E-state index in [2.05, 4.69) is 98.2 Å². The Morgan fingerprint density at radius 2 is 0.748 bits per heavy atom. The zero-order valence-corrected chi connectivity index (χ0v) is 63.1. The van der Waals surface area contributed by atoms with Crippen LogP contribution in [0.1, 0.15) is 160 Å². The summed E-state index contributed by atoms with van der Waals surface area (Å²) in [5.74, 6) is 0.315. The fourth-order valence-corrected chi connectivity index (χ4v) is 13.0. The predicted octanol–water partition coefficient (Wildman–Crippen LogP) is 14.1. The minimum atomic E-state index is -0.439. The summed E-state index contributed by atoms with van der Waals surface area (Å²) >= 11 is 0. The Morgan fingerprint density at radius 1 is 0.408 bits per heavy atom. The molecule has 7 amide bonds. The van der Waals surface area contributed by atoms with E-state index in [9.17, 15) is 33.6 Å². The van der Waals surface area contributed by atoms with Crippen LogP contribution in [0.2, 0.25) is 0 Å². The van der Waals surface area contributed by atoms with Crippen LogP contribution in [-0.4, -0.2) is 103 Å². The SMILES string of the molecule is CC1C(=O)NN(c2ccccc2)C1(C)C.CC1C(=O)NN(c2ccccc2)C1C.CC1C(=O)NN(c2ccccc2)C1C.CCC1C(C)C(=O)NN1c1ccccc1.CCCCCCCCCCCCCC1C(C)C(=O)NN1c1ccccc1.CN(C)C(=O)OCC1CN(c2ccccc2)NC1=O. The number of hydrogen-bond acceptors (Lipinski definition) is 14. The highest BCUT2D eigenvalue weighted by molar-refractivity contribution is 5.88. The number of nitrogens with zero attached hydrogens (tertiary/aromatic N) is 7. The number of hydrazine groups is 6. The Kier molecular flexibility index (Phi) is 31.4. The van der Waals surface area contributed by atoms with Crippen molar-refractivity contribution in [1.82, 2.24) is 37.5 Å². The first-order valence-electron chi connectivity index (χ1n) is 37.2. The molecule has 6 fully saturated rings. The molecular formula is C82H115N13O8. The maximum atomic E-state index is 12.1. The van der Waals surface area contributed by atoms with Crippen molar-refractivity contribution in [2.24, 2.45) is 35.5 Å². The maximum absolute atomic E-state index is 12.1. The number of benzene rings is 6. The second-order valence-electron chi connectivity index (χ2n) is 28.3. The molecule has 556 valence electrons. The fraction of sp³-hybridized carbons (Fsp3) is 0.476. The first-order chi connectivity index (χ1) is 49.5. The summed E-state index contributed by atoms with van der Waals surface area (Å²) in [4.78, 5) is 82.6. The lowest BCUT2D eigenvalue weighted by Crippen LogP contribution is -2.46. The number of nitrogens with one attached hydrogen (secondary N) is 6. The average Bonchev–Trinajstić information content (AvgIpc) is 1.64. The zero-order valence-electron chi connectivity index (χ0n) is 63.1. The first-order valence-corrected chi connectivity index (χ1v) is 37.2. The van der Waals surface area contributed by atoms with E-state index >= 15 is 0 Å². The van der Waals surface area contributed by atoms with Crippen LogP contribution in [0.15, 0.2) is 182 Å². The van der Waals surface area contributed by atoms with Gasteiger partial charge in [0.1, 0.15) is 6.61 Å². The molecule has 0 bridgehead atoms. The van der Waals surface area contributed by atoms with Crippen molar-refractivity contribution >= 4 is 75.7 Å². The summed E-state index contributed by atoms with van der Waals surface area (Å²) in [6.45, 7) is 23.1. The summed E-state index contributed by atoms with van der Waals surface area (Å²) < 4.78 is 5.04. The summed E-state index contributed by atoms with van der Waals surface area (Å²) in [6.07, 6.45) is 16.6. The van der Waals surface area contributed by atoms with Gasteiger partial charge in [-0.15, -0.1) is 0 Å². The second kappa shape index (κ2) is 40.2. The van der Waals surface area contributed by atoms with Gasteiger partial charge in [-0.25, -0.2) is 4.79 Å². The van der Waals surface area contributed by atoms with Crippen molar-refractivity contribution in [1.29, 1.82) is 0 Å². The van der Waals surface area contributed by atoms with Gasteiger partial charge in [0.25, 0.3) is 0 Å². The van der Waals surface area contributed by atoms with Crippen molar-refractivity contribution in [2.45, 2.75) is 189 Å². The molecule has 0 aliphatic carbocycles. The van der Waals surface area contributed by atoms with Gasteiger partial charge in [0, 0.05) is 14.1 Å². The summed E-state index contributed by atoms with van der Waals surface area (Å²) in [7, 11) is 3.21. The van der Waals surface area contributed by atoms with E-state index in [1.54, 1.807) is 19.1 Å². The summed E-state index contributed by atoms with van der Waals surface area (Å²) in [6, 6.07) is 60.4. The molecule has 103 heavy (non-hydrogen) atoms. The van der Waals surface area contributed by atoms with Crippen LogP contribution in [0.25, 0.3) is 0 Å². The van der Waals surface area contributed by atoms with Gasteiger partial charge in [0.05, 0.1) is 106 Å². The molecule has 6 aromatic rings. The third-order valence-electron chi connectivity index (χ3n) is 20.4. The molecule has 6 heterocycles. The fourth-order valence-electron chi connectivity index (χ4n) is 13.0. The molecule has 6 saturated heterocycles. The smallest absolute Gasteiger partial charge is 0.409 e. The molecule has 0 spiro atoms. The number of hydrogen-bond donors (Lipinski definition) is 6. The van der Waals surface area contributed by atoms with E-state index in [1.165, 1.54) is 75.5 Å². The third kappa shape index (κ3) is 22.6. The van der Waals surface area contributed by atoms with Gasteiger partial charge in [0.2, 0.25) is 35.4 Å². The average molecular weight is 1410 g/mol. The molecule has 6 aliphatic rings. The lowest BCUT2D eigenvalue weighted by Gasteiger charge is -2.33. The maximum Gasteiger partial charge on any atom is 0.409 e. The van der Waals surface area contributed by atoms with Crippen LogP contribution in [0.5, 0.6) is 0 Å². The van der Waals surface area contributed by atoms with E-state index in [0.717, 1.165) is 47.0 Å². The van der Waals surface area contributed by atoms with Crippen molar-refractivity contribution in [2.75, 3.05) is 57.3 Å². The monoisotopic (exact) mass is 1410 g/mol. The van der Waals surface area contributed by atoms with Crippen LogP contribution < -0.4 is 62.6 Å². The Labute approximate surface area is 612 Å². The minimum Gasteiger partial charge on any atom is -0.449 e. The standard InChI is InChI=1S/C23H38N2O.C13H17N3O3.2C12H16N2O.2C11H14N2O/c1-3-4-5-6-7-8-9-10-11-12-16-19-22-20(2)23(26)24-25(22)21-17-14-13-15-18-21;1-15(2)13(18)19-9-10-8-16(14-12(10)17)11-6-4-3-5-7-11;1-9-11(15)13-14(12(9,2)3)10-7-5-4-6-8-10;1-3-11-9(2)12(15)13-14(11)10-7-5-4-6-8-10;2*1-8-9(2)13(12-11(8)14)10-6-4-3-5-7-10/h13-15,17-18,20,22H,3-12,16,19H2,1-2H3,(H,24,26);3-7,10H,8-9H2,1-2H3,(H,14,17);4-9H,1-3H3,(H,13,15);4-9,11H,3H2,1-2H3,(H,13,15);2*3-9H,1-2H3,(H,12,14). The molecule has 10 atom stereocenters. The second-order valence-corrected chi connectivity index (χ2v) is 28.3. The molecular weight excluding hydrogens is 1290 g/mol. The molecule has 10 unspecified atom stereocenters. The number of carbonyl (C=O) groups excluding carboxylic acids is 7. The highest BCUT2D eigenvalue weighted by Crippen LogP contribution is 2.34. The van der Waals surface area contributed by atoms with Gasteiger partial charge in [-0.1, -0.05) is 228 Å². The van der Waals surface area contributed by atoms with Crippen molar-refractivity contribution in [3.05, 3.63) is 182 Å². The highest BCUT2D eigenvalue weighted by Gasteiger charge is 2.45. The van der Waals surface area contributed by atoms with Gasteiger partial charge in [0.15, 0.2) is 0 Å². The number of ether oxygens (including phenoxy) is 1. The van der Waals surface area contributed by atoms with Gasteiger partial charge >= 0.3 is 6.09 Å². The Hall–Kier alpha value is -9.79. The molecule has 21 nitrogen and oxygen atoms in total. The highest BCUT2D eigenvalue weighted by atomic mass is 16.6. The van der Waals surface area contributed by atoms with Crippen molar-refractivity contribution in [3.8, 4) is 0 Å². The molecule has 0 radical (unpaired) electrons. The van der Waals surface area contributed by atoms with Crippen LogP contribution >= 0.6 is 0 Å². The minimum absolute atomic E-state index is 0.00212. The van der Waals surface area contributed by atoms with Gasteiger partial charge in [-0.3, -0.25) is 91.4 Å². The van der Waals surface area contributed by atoms with E-state index in [4.69, 9.17) is 4.74 Å². The molecule has 6 N–H and O–H groups in total. The molecule has 0 saturated carbocycles. The largest absolute Gasteiger partial charge is 0.449 e. The number of anilines is 6. The lowest BCUT2D eigenvalue weighted by molar-refractivity contribution is -0.124. The molecule has 12 rings (SSSR count). The normalized spacial score (nSPS) is 22.7.